The molecule has 0 aromatic rings. The standard InChI is InChI=1S/C6H16N2OS/c1-5-8(6-2)10(4,9)7-3/h5-6H2,1-4H3. The van der Waals surface area contributed by atoms with Crippen molar-refractivity contribution >= 4 is 9.92 Å². The normalized spacial score (nSPS) is 16.9. The van der Waals surface area contributed by atoms with Gasteiger partial charge in [-0.15, -0.1) is 0 Å². The topological polar surface area (TPSA) is 32.7 Å². The smallest absolute Gasteiger partial charge is 0.107 e. The molecule has 3 nitrogen and oxygen atoms in total. The molecule has 1 atom stereocenters. The van der Waals surface area contributed by atoms with Gasteiger partial charge in [0.2, 0.25) is 0 Å². The minimum Gasteiger partial charge on any atom is -0.234 e. The summed E-state index contributed by atoms with van der Waals surface area (Å²) < 4.78 is 17.1. The average Bonchev–Trinajstić information content (AvgIpc) is 1.90. The fourth-order valence-corrected chi connectivity index (χ4v) is 2.01. The van der Waals surface area contributed by atoms with Crippen LogP contribution in [0, 0.1) is 0 Å². The van der Waals surface area contributed by atoms with Gasteiger partial charge in [-0.3, -0.25) is 0 Å². The van der Waals surface area contributed by atoms with Gasteiger partial charge in [0.1, 0.15) is 9.92 Å². The average molecular weight is 164 g/mol. The van der Waals surface area contributed by atoms with Crippen LogP contribution >= 0.6 is 0 Å². The second kappa shape index (κ2) is 3.93. The Labute approximate surface area is 63.7 Å². The van der Waals surface area contributed by atoms with Gasteiger partial charge in [-0.2, -0.15) is 0 Å². The summed E-state index contributed by atoms with van der Waals surface area (Å²) in [4.78, 5) is 0. The highest BCUT2D eigenvalue weighted by Gasteiger charge is 2.07. The molecule has 0 aliphatic rings. The second-order valence-corrected chi connectivity index (χ2v) is 4.47. The fraction of sp³-hybridized carbons (Fsp3) is 1.00. The predicted molar refractivity (Wildman–Crippen MR) is 45.3 cm³/mol. The lowest BCUT2D eigenvalue weighted by atomic mass is 10.7. The van der Waals surface area contributed by atoms with Crippen molar-refractivity contribution in [3.05, 3.63) is 0 Å². The first-order chi connectivity index (χ1) is 4.58. The van der Waals surface area contributed by atoms with E-state index < -0.39 is 9.92 Å². The van der Waals surface area contributed by atoms with Crippen molar-refractivity contribution < 1.29 is 4.21 Å². The van der Waals surface area contributed by atoms with E-state index in [0.717, 1.165) is 13.1 Å². The summed E-state index contributed by atoms with van der Waals surface area (Å²) in [6.07, 6.45) is 1.67. The Morgan fingerprint density at radius 2 is 1.80 bits per heavy atom. The molecule has 0 aliphatic carbocycles. The molecule has 62 valence electrons. The van der Waals surface area contributed by atoms with Crippen LogP contribution in [0.15, 0.2) is 4.36 Å². The quantitative estimate of drug-likeness (QED) is 0.612. The summed E-state index contributed by atoms with van der Waals surface area (Å²) in [7, 11) is -0.454. The van der Waals surface area contributed by atoms with Crippen molar-refractivity contribution in [2.24, 2.45) is 4.36 Å². The maximum absolute atomic E-state index is 11.5. The molecule has 0 aromatic carbocycles. The lowest BCUT2D eigenvalue weighted by Gasteiger charge is -2.18. The van der Waals surface area contributed by atoms with Crippen LogP contribution in [-0.2, 0) is 9.92 Å². The first kappa shape index (κ1) is 9.91. The monoisotopic (exact) mass is 164 g/mol. The molecule has 0 radical (unpaired) electrons. The van der Waals surface area contributed by atoms with Gasteiger partial charge in [-0.1, -0.05) is 13.8 Å². The van der Waals surface area contributed by atoms with Gasteiger partial charge in [0.15, 0.2) is 0 Å². The van der Waals surface area contributed by atoms with Gasteiger partial charge in [0.25, 0.3) is 0 Å². The predicted octanol–water partition coefficient (Wildman–Crippen LogP) is 0.971. The van der Waals surface area contributed by atoms with Crippen LogP contribution < -0.4 is 0 Å². The maximum Gasteiger partial charge on any atom is 0.107 e. The minimum absolute atomic E-state index is 0.795. The Kier molecular flexibility index (Phi) is 3.89. The van der Waals surface area contributed by atoms with Gasteiger partial charge in [0.05, 0.1) is 0 Å². The van der Waals surface area contributed by atoms with Crippen LogP contribution in [0.2, 0.25) is 0 Å². The van der Waals surface area contributed by atoms with E-state index >= 15 is 0 Å². The van der Waals surface area contributed by atoms with Crippen LogP contribution in [0.5, 0.6) is 0 Å². The Morgan fingerprint density at radius 1 is 1.40 bits per heavy atom. The summed E-state index contributed by atoms with van der Waals surface area (Å²) in [5.41, 5.74) is 0. The molecule has 1 unspecified atom stereocenters. The van der Waals surface area contributed by atoms with Crippen LogP contribution in [0.4, 0.5) is 0 Å². The molecule has 0 fully saturated rings. The summed E-state index contributed by atoms with van der Waals surface area (Å²) in [5, 5.41) is 0. The van der Waals surface area contributed by atoms with E-state index in [9.17, 15) is 4.21 Å². The van der Waals surface area contributed by atoms with E-state index in [1.807, 2.05) is 18.2 Å². The molecule has 4 heteroatoms. The van der Waals surface area contributed by atoms with Gasteiger partial charge in [-0.05, 0) is 0 Å². The van der Waals surface area contributed by atoms with Crippen LogP contribution in [0.3, 0.4) is 0 Å². The summed E-state index contributed by atoms with van der Waals surface area (Å²) in [6.45, 7) is 5.56. The first-order valence-corrected chi connectivity index (χ1v) is 5.31. The first-order valence-electron chi connectivity index (χ1n) is 3.43. The van der Waals surface area contributed by atoms with Crippen molar-refractivity contribution in [2.45, 2.75) is 13.8 Å². The number of nitrogens with zero attached hydrogens (tertiary/aromatic N) is 2. The van der Waals surface area contributed by atoms with E-state index in [2.05, 4.69) is 4.36 Å². The van der Waals surface area contributed by atoms with Gasteiger partial charge < -0.3 is 0 Å². The Bertz CT molecular complexity index is 190. The zero-order chi connectivity index (χ0) is 8.20. The van der Waals surface area contributed by atoms with Crippen molar-refractivity contribution in [3.8, 4) is 0 Å². The van der Waals surface area contributed by atoms with E-state index in [4.69, 9.17) is 0 Å². The summed E-state index contributed by atoms with van der Waals surface area (Å²) in [6, 6.07) is 0. The number of rotatable bonds is 3. The molecule has 0 amide bonds. The Morgan fingerprint density at radius 3 is 1.90 bits per heavy atom. The number of hydrogen-bond donors (Lipinski definition) is 0. The molecule has 0 saturated heterocycles. The third-order valence-corrected chi connectivity index (χ3v) is 3.68. The number of hydrogen-bond acceptors (Lipinski definition) is 2. The molecule has 0 rings (SSSR count). The highest BCUT2D eigenvalue weighted by molar-refractivity contribution is 7.90. The minimum atomic E-state index is -2.05. The molecular weight excluding hydrogens is 148 g/mol. The van der Waals surface area contributed by atoms with Crippen molar-refractivity contribution in [3.63, 3.8) is 0 Å². The lowest BCUT2D eigenvalue weighted by Crippen LogP contribution is -2.29. The van der Waals surface area contributed by atoms with Crippen molar-refractivity contribution in [2.75, 3.05) is 26.4 Å². The second-order valence-electron chi connectivity index (χ2n) is 2.06. The largest absolute Gasteiger partial charge is 0.234 e. The van der Waals surface area contributed by atoms with Crippen LogP contribution in [-0.4, -0.2) is 34.9 Å². The lowest BCUT2D eigenvalue weighted by molar-refractivity contribution is 0.485. The van der Waals surface area contributed by atoms with Crippen molar-refractivity contribution in [1.82, 2.24) is 4.31 Å². The van der Waals surface area contributed by atoms with E-state index in [1.54, 1.807) is 13.3 Å². The molecular formula is C6H16N2OS. The molecule has 0 saturated carbocycles. The zero-order valence-electron chi connectivity index (χ0n) is 7.13. The molecule has 0 N–H and O–H groups in total. The Balaban J connectivity index is 4.45. The highest BCUT2D eigenvalue weighted by Crippen LogP contribution is 1.98. The van der Waals surface area contributed by atoms with Crippen LogP contribution in [0.25, 0.3) is 0 Å². The van der Waals surface area contributed by atoms with Gasteiger partial charge in [0, 0.05) is 26.4 Å². The summed E-state index contributed by atoms with van der Waals surface area (Å²) in [5.74, 6) is 0. The third-order valence-electron chi connectivity index (χ3n) is 1.52. The summed E-state index contributed by atoms with van der Waals surface area (Å²) >= 11 is 0. The fourth-order valence-electron chi connectivity index (χ4n) is 0.818. The van der Waals surface area contributed by atoms with Crippen molar-refractivity contribution in [1.29, 1.82) is 0 Å². The molecule has 0 heterocycles. The Hall–Kier alpha value is -0.0900. The molecule has 0 aromatic heterocycles. The molecule has 0 aliphatic heterocycles. The van der Waals surface area contributed by atoms with Gasteiger partial charge >= 0.3 is 0 Å². The van der Waals surface area contributed by atoms with Crippen LogP contribution in [0.1, 0.15) is 13.8 Å². The molecule has 0 bridgehead atoms. The SMILES string of the molecule is CCN(CC)S(C)(=O)=NC. The van der Waals surface area contributed by atoms with Gasteiger partial charge in [-0.25, -0.2) is 12.9 Å². The maximum atomic E-state index is 11.5. The molecule has 0 spiro atoms. The molecule has 10 heavy (non-hydrogen) atoms. The van der Waals surface area contributed by atoms with E-state index in [0.29, 0.717) is 0 Å². The zero-order valence-corrected chi connectivity index (χ0v) is 7.94. The highest BCUT2D eigenvalue weighted by atomic mass is 32.2. The third kappa shape index (κ3) is 2.27. The van der Waals surface area contributed by atoms with E-state index in [-0.39, 0.29) is 0 Å². The van der Waals surface area contributed by atoms with E-state index in [1.165, 1.54) is 0 Å².